The molecule has 0 radical (unpaired) electrons. The van der Waals surface area contributed by atoms with Crippen molar-refractivity contribution >= 4 is 40.6 Å². The molecule has 0 bridgehead atoms. The Balaban J connectivity index is 2.12. The average molecular weight is 263 g/mol. The highest BCUT2D eigenvalue weighted by atomic mass is 16.1. The monoisotopic (exact) mass is 263 g/mol. The Hall–Kier alpha value is -2.46. The zero-order valence-corrected chi connectivity index (χ0v) is 10.8. The largest absolute Gasteiger partial charge is 0.294 e. The number of carbonyl (C=O) groups is 1. The maximum Gasteiger partial charge on any atom is 0.160 e. The minimum Gasteiger partial charge on any atom is -0.294 e. The SMILES string of the molecule is NN1CN=Cc2c1ccc1cc3c(cc21)=CCC(=O)C=3. The number of rotatable bonds is 0. The molecule has 0 saturated heterocycles. The number of nitrogens with two attached hydrogens (primary N) is 1. The van der Waals surface area contributed by atoms with Crippen LogP contribution < -0.4 is 21.3 Å². The third-order valence-corrected chi connectivity index (χ3v) is 3.85. The number of anilines is 1. The first kappa shape index (κ1) is 11.4. The molecule has 4 nitrogen and oxygen atoms in total. The Morgan fingerprint density at radius 3 is 3.00 bits per heavy atom. The van der Waals surface area contributed by atoms with E-state index in [2.05, 4.69) is 17.1 Å². The zero-order valence-electron chi connectivity index (χ0n) is 10.8. The van der Waals surface area contributed by atoms with Gasteiger partial charge in [0.2, 0.25) is 0 Å². The first-order valence-corrected chi connectivity index (χ1v) is 6.56. The minimum atomic E-state index is 0.157. The summed E-state index contributed by atoms with van der Waals surface area (Å²) in [5, 5.41) is 5.97. The van der Waals surface area contributed by atoms with Crippen LogP contribution in [0.3, 0.4) is 0 Å². The van der Waals surface area contributed by atoms with Gasteiger partial charge >= 0.3 is 0 Å². The Bertz CT molecular complexity index is 896. The van der Waals surface area contributed by atoms with Crippen molar-refractivity contribution in [2.45, 2.75) is 6.42 Å². The van der Waals surface area contributed by atoms with Crippen molar-refractivity contribution in [2.75, 3.05) is 11.7 Å². The van der Waals surface area contributed by atoms with Gasteiger partial charge in [0.15, 0.2) is 5.78 Å². The van der Waals surface area contributed by atoms with E-state index in [1.54, 1.807) is 11.1 Å². The Labute approximate surface area is 115 Å². The number of fused-ring (bicyclic) bond motifs is 4. The number of benzene rings is 2. The summed E-state index contributed by atoms with van der Waals surface area (Å²) in [7, 11) is 0. The fourth-order valence-corrected chi connectivity index (χ4v) is 2.85. The second kappa shape index (κ2) is 4.02. The molecule has 0 fully saturated rings. The van der Waals surface area contributed by atoms with E-state index in [1.165, 1.54) is 0 Å². The molecular weight excluding hydrogens is 250 g/mol. The fraction of sp³-hybridized carbons (Fsp3) is 0.125. The molecule has 1 aliphatic heterocycles. The number of hydrogen-bond acceptors (Lipinski definition) is 4. The quantitative estimate of drug-likeness (QED) is 0.702. The molecule has 2 N–H and O–H groups in total. The van der Waals surface area contributed by atoms with Crippen LogP contribution in [-0.2, 0) is 4.79 Å². The highest BCUT2D eigenvalue weighted by Gasteiger charge is 2.14. The van der Waals surface area contributed by atoms with Gasteiger partial charge in [-0.05, 0) is 45.5 Å². The first-order chi connectivity index (χ1) is 9.72. The van der Waals surface area contributed by atoms with Crippen LogP contribution in [0, 0.1) is 0 Å². The van der Waals surface area contributed by atoms with Gasteiger partial charge in [0.05, 0.1) is 5.69 Å². The van der Waals surface area contributed by atoms with Crippen LogP contribution in [0.1, 0.15) is 12.0 Å². The molecular formula is C16H13N3O. The zero-order chi connectivity index (χ0) is 13.7. The lowest BCUT2D eigenvalue weighted by atomic mass is 9.97. The summed E-state index contributed by atoms with van der Waals surface area (Å²) >= 11 is 0. The Morgan fingerprint density at radius 2 is 2.10 bits per heavy atom. The summed E-state index contributed by atoms with van der Waals surface area (Å²) in [5.41, 5.74) is 2.03. The van der Waals surface area contributed by atoms with Gasteiger partial charge in [0.25, 0.3) is 0 Å². The van der Waals surface area contributed by atoms with Gasteiger partial charge in [-0.15, -0.1) is 0 Å². The van der Waals surface area contributed by atoms with Crippen LogP contribution in [0.15, 0.2) is 29.3 Å². The number of ketones is 1. The normalized spacial score (nSPS) is 16.4. The molecule has 4 heteroatoms. The minimum absolute atomic E-state index is 0.157. The number of carbonyl (C=O) groups excluding carboxylic acids is 1. The Kier molecular flexibility index (Phi) is 2.28. The van der Waals surface area contributed by atoms with Crippen LogP contribution >= 0.6 is 0 Å². The smallest absolute Gasteiger partial charge is 0.160 e. The molecule has 0 unspecified atom stereocenters. The van der Waals surface area contributed by atoms with E-state index in [1.807, 2.05) is 24.4 Å². The van der Waals surface area contributed by atoms with E-state index in [0.29, 0.717) is 13.1 Å². The first-order valence-electron chi connectivity index (χ1n) is 6.56. The van der Waals surface area contributed by atoms with Gasteiger partial charge in [-0.25, -0.2) is 5.84 Å². The van der Waals surface area contributed by atoms with E-state index < -0.39 is 0 Å². The van der Waals surface area contributed by atoms with E-state index in [9.17, 15) is 4.79 Å². The molecule has 20 heavy (non-hydrogen) atoms. The van der Waals surface area contributed by atoms with Crippen LogP contribution in [-0.4, -0.2) is 18.7 Å². The molecule has 0 atom stereocenters. The topological polar surface area (TPSA) is 58.7 Å². The molecule has 98 valence electrons. The van der Waals surface area contributed by atoms with E-state index in [0.717, 1.165) is 32.5 Å². The third-order valence-electron chi connectivity index (χ3n) is 3.85. The molecule has 1 heterocycles. The van der Waals surface area contributed by atoms with Crippen molar-refractivity contribution in [1.82, 2.24) is 0 Å². The number of hydrazine groups is 1. The van der Waals surface area contributed by atoms with Gasteiger partial charge in [0.1, 0.15) is 6.67 Å². The van der Waals surface area contributed by atoms with Gasteiger partial charge in [-0.1, -0.05) is 12.1 Å². The lowest BCUT2D eigenvalue weighted by Gasteiger charge is -2.23. The molecule has 2 aliphatic rings. The van der Waals surface area contributed by atoms with Gasteiger partial charge < -0.3 is 0 Å². The number of hydrogen-bond donors (Lipinski definition) is 1. The van der Waals surface area contributed by atoms with Gasteiger partial charge in [-0.3, -0.25) is 14.8 Å². The van der Waals surface area contributed by atoms with Crippen molar-refractivity contribution in [3.8, 4) is 0 Å². The maximum absolute atomic E-state index is 11.5. The third kappa shape index (κ3) is 1.58. The summed E-state index contributed by atoms with van der Waals surface area (Å²) in [4.78, 5) is 15.8. The van der Waals surface area contributed by atoms with Crippen LogP contribution in [0.4, 0.5) is 5.69 Å². The summed E-state index contributed by atoms with van der Waals surface area (Å²) < 4.78 is 0. The Morgan fingerprint density at radius 1 is 1.20 bits per heavy atom. The van der Waals surface area contributed by atoms with Crippen molar-refractivity contribution < 1.29 is 4.79 Å². The van der Waals surface area contributed by atoms with E-state index in [4.69, 9.17) is 5.84 Å². The molecule has 4 rings (SSSR count). The molecule has 0 amide bonds. The summed E-state index contributed by atoms with van der Waals surface area (Å²) in [6.45, 7) is 0.484. The summed E-state index contributed by atoms with van der Waals surface area (Å²) in [6, 6.07) is 8.23. The molecule has 0 aromatic heterocycles. The predicted octanol–water partition coefficient (Wildman–Crippen LogP) is 0.444. The predicted molar refractivity (Wildman–Crippen MR) is 80.9 cm³/mol. The molecule has 2 aromatic rings. The highest BCUT2D eigenvalue weighted by molar-refractivity contribution is 6.10. The summed E-state index contributed by atoms with van der Waals surface area (Å²) in [5.74, 6) is 6.11. The molecule has 0 spiro atoms. The maximum atomic E-state index is 11.5. The van der Waals surface area contributed by atoms with Crippen LogP contribution in [0.25, 0.3) is 22.9 Å². The number of Topliss-reactive ketones (excluding diaryl/α,β-unsaturated/α-hetero) is 1. The average Bonchev–Trinajstić information content (AvgIpc) is 2.45. The molecule has 1 aliphatic carbocycles. The number of nitrogens with zero attached hydrogens (tertiary/aromatic N) is 2. The second-order valence-corrected chi connectivity index (χ2v) is 5.14. The van der Waals surface area contributed by atoms with Crippen LogP contribution in [0.2, 0.25) is 0 Å². The second-order valence-electron chi connectivity index (χ2n) is 5.14. The summed E-state index contributed by atoms with van der Waals surface area (Å²) in [6.07, 6.45) is 6.06. The highest BCUT2D eigenvalue weighted by Crippen LogP contribution is 2.27. The van der Waals surface area contributed by atoms with Crippen molar-refractivity contribution in [3.63, 3.8) is 0 Å². The van der Waals surface area contributed by atoms with Gasteiger partial charge in [0, 0.05) is 18.2 Å². The fourth-order valence-electron chi connectivity index (χ4n) is 2.85. The molecule has 0 saturated carbocycles. The lowest BCUT2D eigenvalue weighted by Crippen LogP contribution is -2.34. The lowest BCUT2D eigenvalue weighted by molar-refractivity contribution is -0.112. The standard InChI is InChI=1S/C16H13N3O/c17-19-9-18-8-15-14-7-10-1-3-13(20)6-12(10)5-11(14)2-4-16(15)19/h1-2,4-8H,3,9,17H2. The number of aliphatic imine (C=N–C) groups is 1. The van der Waals surface area contributed by atoms with Gasteiger partial charge in [-0.2, -0.15) is 0 Å². The van der Waals surface area contributed by atoms with Crippen molar-refractivity contribution in [3.05, 3.63) is 40.3 Å². The van der Waals surface area contributed by atoms with Crippen molar-refractivity contribution in [2.24, 2.45) is 10.8 Å². The van der Waals surface area contributed by atoms with Crippen LogP contribution in [0.5, 0.6) is 0 Å². The van der Waals surface area contributed by atoms with E-state index in [-0.39, 0.29) is 5.78 Å². The van der Waals surface area contributed by atoms with Crippen molar-refractivity contribution in [1.29, 1.82) is 0 Å². The molecule has 2 aromatic carbocycles. The van der Waals surface area contributed by atoms with E-state index >= 15 is 0 Å².